The second-order valence-electron chi connectivity index (χ2n) is 6.68. The Bertz CT molecular complexity index is 1190. The van der Waals surface area contributed by atoms with Crippen LogP contribution in [0.4, 0.5) is 22.0 Å². The van der Waals surface area contributed by atoms with Gasteiger partial charge >= 0.3 is 12.1 Å². The highest BCUT2D eigenvalue weighted by molar-refractivity contribution is 5.77. The molecule has 0 spiro atoms. The van der Waals surface area contributed by atoms with Gasteiger partial charge in [0.15, 0.2) is 11.6 Å². The molecule has 4 rings (SSSR count). The average molecular weight is 416 g/mol. The van der Waals surface area contributed by atoms with E-state index in [0.29, 0.717) is 12.8 Å². The molecule has 29 heavy (non-hydrogen) atoms. The Morgan fingerprint density at radius 2 is 1.97 bits per heavy atom. The van der Waals surface area contributed by atoms with Gasteiger partial charge in [-0.1, -0.05) is 6.07 Å². The van der Waals surface area contributed by atoms with Crippen LogP contribution >= 0.6 is 0 Å². The minimum Gasteiger partial charge on any atom is -0.403 e. The summed E-state index contributed by atoms with van der Waals surface area (Å²) in [7, 11) is 0. The summed E-state index contributed by atoms with van der Waals surface area (Å²) in [5.41, 5.74) is -1.66. The number of aromatic nitrogens is 4. The van der Waals surface area contributed by atoms with Crippen molar-refractivity contribution >= 4 is 11.0 Å². The van der Waals surface area contributed by atoms with Gasteiger partial charge < -0.3 is 4.74 Å². The Labute approximate surface area is 158 Å². The van der Waals surface area contributed by atoms with Crippen molar-refractivity contribution in [3.8, 4) is 5.75 Å². The van der Waals surface area contributed by atoms with Gasteiger partial charge in [0.25, 0.3) is 5.56 Å². The standard InChI is InChI=1S/C17H13F5N4O3/c18-6-10-12-14(23-16(28)24-15(12)27)26(25-10)13(7-1-2-7)8-3-4-11(9(19)5-8)29-17(20,21)22/h3-5,7,13H,1-2,6H2,(H2,23,24,27,28). The molecular formula is C17H13F5N4O3. The van der Waals surface area contributed by atoms with E-state index in [9.17, 15) is 31.5 Å². The highest BCUT2D eigenvalue weighted by Gasteiger charge is 2.37. The summed E-state index contributed by atoms with van der Waals surface area (Å²) in [6, 6.07) is 2.23. The normalized spacial score (nSPS) is 15.6. The summed E-state index contributed by atoms with van der Waals surface area (Å²) in [5.74, 6) is -2.31. The smallest absolute Gasteiger partial charge is 0.403 e. The maximum absolute atomic E-state index is 14.2. The number of fused-ring (bicyclic) bond motifs is 1. The van der Waals surface area contributed by atoms with E-state index in [-0.39, 0.29) is 28.2 Å². The molecule has 2 heterocycles. The van der Waals surface area contributed by atoms with E-state index < -0.39 is 41.9 Å². The van der Waals surface area contributed by atoms with E-state index in [1.54, 1.807) is 0 Å². The lowest BCUT2D eigenvalue weighted by atomic mass is 10.0. The molecule has 1 aliphatic carbocycles. The molecule has 154 valence electrons. The highest BCUT2D eigenvalue weighted by atomic mass is 19.4. The summed E-state index contributed by atoms with van der Waals surface area (Å²) in [6.07, 6.45) is -3.65. The quantitative estimate of drug-likeness (QED) is 0.626. The number of ether oxygens (including phenoxy) is 1. The summed E-state index contributed by atoms with van der Waals surface area (Å²) in [4.78, 5) is 28.2. The number of nitrogens with zero attached hydrogens (tertiary/aromatic N) is 2. The third-order valence-electron chi connectivity index (χ3n) is 4.65. The van der Waals surface area contributed by atoms with Crippen molar-refractivity contribution in [3.63, 3.8) is 0 Å². The number of benzene rings is 1. The van der Waals surface area contributed by atoms with Crippen LogP contribution in [0.15, 0.2) is 27.8 Å². The third kappa shape index (κ3) is 3.61. The molecule has 2 aromatic heterocycles. The van der Waals surface area contributed by atoms with E-state index in [4.69, 9.17) is 0 Å². The first-order valence-corrected chi connectivity index (χ1v) is 8.53. The van der Waals surface area contributed by atoms with Gasteiger partial charge in [0.1, 0.15) is 23.4 Å². The van der Waals surface area contributed by atoms with Crippen molar-refractivity contribution in [3.05, 3.63) is 56.1 Å². The number of alkyl halides is 4. The molecule has 0 radical (unpaired) electrons. The minimum absolute atomic E-state index is 0.0423. The largest absolute Gasteiger partial charge is 0.573 e. The summed E-state index contributed by atoms with van der Waals surface area (Å²) < 4.78 is 69.6. The number of H-pyrrole nitrogens is 2. The van der Waals surface area contributed by atoms with Crippen LogP contribution in [0.3, 0.4) is 0 Å². The van der Waals surface area contributed by atoms with Crippen LogP contribution in [0.5, 0.6) is 5.75 Å². The van der Waals surface area contributed by atoms with Crippen LogP contribution in [-0.2, 0) is 6.67 Å². The van der Waals surface area contributed by atoms with Gasteiger partial charge in [-0.25, -0.2) is 18.3 Å². The lowest BCUT2D eigenvalue weighted by Gasteiger charge is -2.19. The van der Waals surface area contributed by atoms with Gasteiger partial charge in [0.2, 0.25) is 0 Å². The van der Waals surface area contributed by atoms with Gasteiger partial charge in [0.05, 0.1) is 6.04 Å². The summed E-state index contributed by atoms with van der Waals surface area (Å²) >= 11 is 0. The molecule has 1 unspecified atom stereocenters. The number of hydrogen-bond acceptors (Lipinski definition) is 4. The van der Waals surface area contributed by atoms with Crippen molar-refractivity contribution < 1.29 is 26.7 Å². The molecule has 0 bridgehead atoms. The van der Waals surface area contributed by atoms with Crippen molar-refractivity contribution in [1.82, 2.24) is 19.7 Å². The first-order valence-electron chi connectivity index (χ1n) is 8.53. The zero-order valence-corrected chi connectivity index (χ0v) is 14.5. The van der Waals surface area contributed by atoms with E-state index in [1.807, 2.05) is 4.98 Å². The highest BCUT2D eigenvalue weighted by Crippen LogP contribution is 2.45. The maximum atomic E-state index is 14.2. The van der Waals surface area contributed by atoms with Gasteiger partial charge in [-0.3, -0.25) is 14.8 Å². The Kier molecular flexibility index (Phi) is 4.43. The van der Waals surface area contributed by atoms with Crippen molar-refractivity contribution in [2.45, 2.75) is 31.9 Å². The van der Waals surface area contributed by atoms with E-state index in [0.717, 1.165) is 12.1 Å². The number of rotatable bonds is 5. The maximum Gasteiger partial charge on any atom is 0.573 e. The second kappa shape index (κ2) is 6.71. The van der Waals surface area contributed by atoms with Crippen LogP contribution in [0.25, 0.3) is 11.0 Å². The molecular weight excluding hydrogens is 403 g/mol. The van der Waals surface area contributed by atoms with Gasteiger partial charge in [-0.05, 0) is 36.5 Å². The molecule has 7 nitrogen and oxygen atoms in total. The summed E-state index contributed by atoms with van der Waals surface area (Å²) in [5, 5.41) is 3.93. The van der Waals surface area contributed by atoms with Gasteiger partial charge in [0, 0.05) is 0 Å². The SMILES string of the molecule is O=c1[nH]c(=O)c2c(CF)nn(C(c3ccc(OC(F)(F)F)c(F)c3)C3CC3)c2[nH]1. The van der Waals surface area contributed by atoms with Crippen molar-refractivity contribution in [2.75, 3.05) is 0 Å². The molecule has 1 aromatic carbocycles. The molecule has 1 fully saturated rings. The molecule has 12 heteroatoms. The molecule has 0 amide bonds. The Hall–Kier alpha value is -3.18. The molecule has 1 saturated carbocycles. The van der Waals surface area contributed by atoms with Gasteiger partial charge in [-0.2, -0.15) is 5.10 Å². The Balaban J connectivity index is 1.85. The fraction of sp³-hybridized carbons (Fsp3) is 0.353. The molecule has 3 aromatic rings. The van der Waals surface area contributed by atoms with E-state index in [2.05, 4.69) is 14.8 Å². The lowest BCUT2D eigenvalue weighted by Crippen LogP contribution is -2.24. The second-order valence-corrected chi connectivity index (χ2v) is 6.68. The number of nitrogens with one attached hydrogen (secondary N) is 2. The van der Waals surface area contributed by atoms with Gasteiger partial charge in [-0.15, -0.1) is 13.2 Å². The van der Waals surface area contributed by atoms with E-state index in [1.165, 1.54) is 10.7 Å². The van der Waals surface area contributed by atoms with Crippen LogP contribution in [-0.4, -0.2) is 26.1 Å². The van der Waals surface area contributed by atoms with Crippen LogP contribution in [0.1, 0.15) is 30.1 Å². The Morgan fingerprint density at radius 1 is 1.24 bits per heavy atom. The first-order chi connectivity index (χ1) is 13.7. The molecule has 0 saturated heterocycles. The lowest BCUT2D eigenvalue weighted by molar-refractivity contribution is -0.275. The minimum atomic E-state index is -5.05. The monoisotopic (exact) mass is 416 g/mol. The number of hydrogen-bond donors (Lipinski definition) is 2. The fourth-order valence-electron chi connectivity index (χ4n) is 3.37. The van der Waals surface area contributed by atoms with Crippen molar-refractivity contribution in [1.29, 1.82) is 0 Å². The average Bonchev–Trinajstić information content (AvgIpc) is 3.38. The molecule has 2 N–H and O–H groups in total. The molecule has 0 aliphatic heterocycles. The topological polar surface area (TPSA) is 92.8 Å². The van der Waals surface area contributed by atoms with Crippen LogP contribution in [0.2, 0.25) is 0 Å². The van der Waals surface area contributed by atoms with E-state index >= 15 is 0 Å². The zero-order valence-electron chi connectivity index (χ0n) is 14.5. The predicted molar refractivity (Wildman–Crippen MR) is 89.7 cm³/mol. The van der Waals surface area contributed by atoms with Crippen molar-refractivity contribution in [2.24, 2.45) is 5.92 Å². The van der Waals surface area contributed by atoms with Crippen LogP contribution in [0, 0.1) is 11.7 Å². The zero-order chi connectivity index (χ0) is 20.9. The third-order valence-corrected chi connectivity index (χ3v) is 4.65. The fourth-order valence-corrected chi connectivity index (χ4v) is 3.37. The predicted octanol–water partition coefficient (Wildman–Crippen LogP) is 2.92. The Morgan fingerprint density at radius 3 is 2.55 bits per heavy atom. The van der Waals surface area contributed by atoms with Crippen LogP contribution < -0.4 is 16.0 Å². The first kappa shape index (κ1) is 19.2. The summed E-state index contributed by atoms with van der Waals surface area (Å²) in [6.45, 7) is -1.08. The number of aromatic amines is 2. The molecule has 1 atom stereocenters. The number of halogens is 5. The molecule has 1 aliphatic rings.